The number of nitrogens with zero attached hydrogens (tertiary/aromatic N) is 6. The smallest absolute Gasteiger partial charge is 0.290 e. The molecule has 11 heteroatoms. The van der Waals surface area contributed by atoms with Crippen LogP contribution < -0.4 is 10.3 Å². The van der Waals surface area contributed by atoms with E-state index in [-0.39, 0.29) is 17.4 Å². The number of nitrogens with one attached hydrogen (secondary N) is 2. The Balaban J connectivity index is 1.39. The summed E-state index contributed by atoms with van der Waals surface area (Å²) in [6.07, 6.45) is 5.10. The molecule has 5 aromatic rings. The Morgan fingerprint density at radius 1 is 1.03 bits per heavy atom. The van der Waals surface area contributed by atoms with Crippen molar-refractivity contribution in [3.63, 3.8) is 0 Å². The summed E-state index contributed by atoms with van der Waals surface area (Å²) in [4.78, 5) is 18.1. The molecular weight excluding hydrogens is 496 g/mol. The Kier molecular flexibility index (Phi) is 6.89. The van der Waals surface area contributed by atoms with E-state index < -0.39 is 6.29 Å². The number of hydrogen-bond acceptors (Lipinski definition) is 8. The third kappa shape index (κ3) is 4.92. The second kappa shape index (κ2) is 10.8. The molecular formula is C28H30N8O3. The van der Waals surface area contributed by atoms with Crippen molar-refractivity contribution in [2.45, 2.75) is 57.8 Å². The van der Waals surface area contributed by atoms with Crippen LogP contribution in [0.2, 0.25) is 0 Å². The normalized spacial score (nSPS) is 15.0. The Bertz CT molecular complexity index is 1620. The minimum absolute atomic E-state index is 0.267. The average Bonchev–Trinajstić information content (AvgIpc) is 3.65. The van der Waals surface area contributed by atoms with E-state index >= 15 is 0 Å². The number of aromatic nitrogens is 8. The van der Waals surface area contributed by atoms with Crippen LogP contribution in [0.4, 0.5) is 0 Å². The molecule has 200 valence electrons. The maximum absolute atomic E-state index is 13.1. The van der Waals surface area contributed by atoms with Crippen molar-refractivity contribution >= 4 is 11.0 Å². The molecule has 0 aliphatic heterocycles. The highest BCUT2D eigenvalue weighted by atomic mass is 16.7. The molecule has 1 saturated carbocycles. The highest BCUT2D eigenvalue weighted by Gasteiger charge is 2.26. The first-order chi connectivity index (χ1) is 19.1. The maximum Gasteiger partial charge on any atom is 0.290 e. The van der Waals surface area contributed by atoms with Crippen LogP contribution in [-0.2, 0) is 11.3 Å². The van der Waals surface area contributed by atoms with Gasteiger partial charge in [-0.05, 0) is 41.7 Å². The third-order valence-corrected chi connectivity index (χ3v) is 7.37. The summed E-state index contributed by atoms with van der Waals surface area (Å²) in [6, 6.07) is 16.3. The zero-order valence-electron chi connectivity index (χ0n) is 21.9. The van der Waals surface area contributed by atoms with Gasteiger partial charge in [0.15, 0.2) is 11.8 Å². The zero-order valence-corrected chi connectivity index (χ0v) is 21.9. The minimum atomic E-state index is -0.530. The van der Waals surface area contributed by atoms with Gasteiger partial charge in [0.05, 0.1) is 0 Å². The minimum Gasteiger partial charge on any atom is -0.445 e. The van der Waals surface area contributed by atoms with Crippen molar-refractivity contribution in [1.29, 1.82) is 0 Å². The molecule has 3 heterocycles. The summed E-state index contributed by atoms with van der Waals surface area (Å²) in [5.41, 5.74) is 4.64. The predicted octanol–water partition coefficient (Wildman–Crippen LogP) is 4.43. The Labute approximate surface area is 224 Å². The van der Waals surface area contributed by atoms with Gasteiger partial charge in [-0.2, -0.15) is 5.21 Å². The largest absolute Gasteiger partial charge is 0.445 e. The molecule has 3 aromatic heterocycles. The lowest BCUT2D eigenvalue weighted by molar-refractivity contribution is -0.0406. The highest BCUT2D eigenvalue weighted by molar-refractivity contribution is 5.81. The number of methoxy groups -OCH3 is 1. The highest BCUT2D eigenvalue weighted by Crippen LogP contribution is 2.35. The van der Waals surface area contributed by atoms with Crippen molar-refractivity contribution in [3.8, 4) is 28.4 Å². The Morgan fingerprint density at radius 3 is 2.51 bits per heavy atom. The number of fused-ring (bicyclic) bond motifs is 1. The lowest BCUT2D eigenvalue weighted by atomic mass is 9.88. The SMILES string of the molecule is COC(C)Oc1n[nH]c(=O)c2c1nc(C1CCCCC1)n2Cc1ccc(-c2ccccc2-c2nn[nH]n2)cc1. The fourth-order valence-corrected chi connectivity index (χ4v) is 5.35. The number of H-pyrrole nitrogens is 2. The van der Waals surface area contributed by atoms with E-state index in [9.17, 15) is 4.79 Å². The van der Waals surface area contributed by atoms with E-state index in [4.69, 9.17) is 14.5 Å². The van der Waals surface area contributed by atoms with Gasteiger partial charge in [0.25, 0.3) is 11.4 Å². The van der Waals surface area contributed by atoms with Crippen LogP contribution in [0.3, 0.4) is 0 Å². The molecule has 0 saturated heterocycles. The van der Waals surface area contributed by atoms with Crippen molar-refractivity contribution in [3.05, 3.63) is 70.3 Å². The number of aromatic amines is 2. The van der Waals surface area contributed by atoms with Crippen molar-refractivity contribution in [2.75, 3.05) is 7.11 Å². The lowest BCUT2D eigenvalue weighted by Gasteiger charge is -2.22. The summed E-state index contributed by atoms with van der Waals surface area (Å²) in [5.74, 6) is 2.00. The van der Waals surface area contributed by atoms with Gasteiger partial charge in [-0.15, -0.1) is 15.3 Å². The molecule has 2 aromatic carbocycles. The summed E-state index contributed by atoms with van der Waals surface area (Å²) in [6.45, 7) is 2.28. The van der Waals surface area contributed by atoms with E-state index in [1.54, 1.807) is 14.0 Å². The third-order valence-electron chi connectivity index (χ3n) is 7.37. The number of benzene rings is 2. The molecule has 1 atom stereocenters. The van der Waals surface area contributed by atoms with Crippen LogP contribution in [0.1, 0.15) is 56.3 Å². The van der Waals surface area contributed by atoms with Gasteiger partial charge in [0.2, 0.25) is 5.82 Å². The second-order valence-electron chi connectivity index (χ2n) is 9.85. The topological polar surface area (TPSA) is 136 Å². The number of rotatable bonds is 8. The first-order valence-electron chi connectivity index (χ1n) is 13.2. The number of imidazole rings is 1. The quantitative estimate of drug-likeness (QED) is 0.283. The fourth-order valence-electron chi connectivity index (χ4n) is 5.35. The molecule has 0 bridgehead atoms. The summed E-state index contributed by atoms with van der Waals surface area (Å²) in [7, 11) is 1.56. The van der Waals surface area contributed by atoms with Gasteiger partial charge < -0.3 is 14.0 Å². The van der Waals surface area contributed by atoms with Crippen molar-refractivity contribution < 1.29 is 9.47 Å². The number of hydrogen-bond donors (Lipinski definition) is 2. The zero-order chi connectivity index (χ0) is 26.8. The van der Waals surface area contributed by atoms with Crippen LogP contribution >= 0.6 is 0 Å². The molecule has 0 amide bonds. The van der Waals surface area contributed by atoms with E-state index in [1.807, 2.05) is 28.8 Å². The number of ether oxygens (including phenoxy) is 2. The number of tetrazole rings is 1. The summed E-state index contributed by atoms with van der Waals surface area (Å²) < 4.78 is 13.1. The lowest BCUT2D eigenvalue weighted by Crippen LogP contribution is -2.19. The predicted molar refractivity (Wildman–Crippen MR) is 145 cm³/mol. The molecule has 1 fully saturated rings. The van der Waals surface area contributed by atoms with Crippen LogP contribution in [0.15, 0.2) is 53.3 Å². The monoisotopic (exact) mass is 526 g/mol. The van der Waals surface area contributed by atoms with E-state index in [0.29, 0.717) is 23.4 Å². The second-order valence-corrected chi connectivity index (χ2v) is 9.85. The Morgan fingerprint density at radius 2 is 1.79 bits per heavy atom. The summed E-state index contributed by atoms with van der Waals surface area (Å²) in [5, 5.41) is 21.3. The average molecular weight is 527 g/mol. The van der Waals surface area contributed by atoms with Crippen LogP contribution in [0, 0.1) is 0 Å². The van der Waals surface area contributed by atoms with E-state index in [1.165, 1.54) is 6.42 Å². The Hall–Kier alpha value is -4.38. The van der Waals surface area contributed by atoms with Crippen molar-refractivity contribution in [1.82, 2.24) is 40.4 Å². The van der Waals surface area contributed by atoms with Gasteiger partial charge in [-0.3, -0.25) is 4.79 Å². The molecule has 1 aliphatic carbocycles. The van der Waals surface area contributed by atoms with Gasteiger partial charge in [-0.25, -0.2) is 10.1 Å². The first kappa shape index (κ1) is 24.9. The summed E-state index contributed by atoms with van der Waals surface area (Å²) >= 11 is 0. The molecule has 0 spiro atoms. The van der Waals surface area contributed by atoms with Gasteiger partial charge in [0, 0.05) is 25.1 Å². The van der Waals surface area contributed by atoms with Crippen LogP contribution in [0.5, 0.6) is 5.88 Å². The maximum atomic E-state index is 13.1. The van der Waals surface area contributed by atoms with Crippen LogP contribution in [-0.4, -0.2) is 53.8 Å². The first-order valence-corrected chi connectivity index (χ1v) is 13.2. The van der Waals surface area contributed by atoms with Gasteiger partial charge in [-0.1, -0.05) is 67.8 Å². The van der Waals surface area contributed by atoms with Crippen LogP contribution in [0.25, 0.3) is 33.5 Å². The van der Waals surface area contributed by atoms with Gasteiger partial charge in [0.1, 0.15) is 11.3 Å². The molecule has 6 rings (SSSR count). The fraction of sp³-hybridized carbons (Fsp3) is 0.357. The molecule has 0 radical (unpaired) electrons. The standard InChI is InChI=1S/C28H30N8O3/c1-17(38-2)39-28-23-24(27(37)32-33-28)36(26(29-23)20-8-4-3-5-9-20)16-18-12-14-19(15-13-18)21-10-6-7-11-22(21)25-30-34-35-31-25/h6-7,10-15,17,20H,3-5,8-9,16H2,1-2H3,(H,32,37)(H,30,31,34,35). The van der Waals surface area contributed by atoms with Gasteiger partial charge >= 0.3 is 0 Å². The molecule has 11 nitrogen and oxygen atoms in total. The molecule has 39 heavy (non-hydrogen) atoms. The van der Waals surface area contributed by atoms with E-state index in [2.05, 4.69) is 55.1 Å². The van der Waals surface area contributed by atoms with Crippen molar-refractivity contribution in [2.24, 2.45) is 0 Å². The molecule has 1 unspecified atom stereocenters. The molecule has 2 N–H and O–H groups in total. The van der Waals surface area contributed by atoms with E-state index in [0.717, 1.165) is 53.8 Å². The molecule has 1 aliphatic rings.